The van der Waals surface area contributed by atoms with Gasteiger partial charge in [-0.05, 0) is 88.3 Å². The number of nitrogens with zero attached hydrogens (tertiary/aromatic N) is 4. The van der Waals surface area contributed by atoms with Crippen molar-refractivity contribution in [3.63, 3.8) is 0 Å². The molecule has 0 fully saturated rings. The summed E-state index contributed by atoms with van der Waals surface area (Å²) in [5.41, 5.74) is -1.52. The van der Waals surface area contributed by atoms with Crippen LogP contribution in [-0.4, -0.2) is 20.3 Å². The molecule has 0 spiro atoms. The third kappa shape index (κ3) is 4.40. The van der Waals surface area contributed by atoms with E-state index < -0.39 is 46.5 Å². The molecule has 0 saturated heterocycles. The van der Waals surface area contributed by atoms with Crippen molar-refractivity contribution in [3.8, 4) is 39.6 Å². The molecular formula is C32H15F8N4+. The van der Waals surface area contributed by atoms with Crippen LogP contribution >= 0.6 is 0 Å². The molecule has 1 aliphatic carbocycles. The maximum Gasteiger partial charge on any atom is 0.465 e. The second-order valence-corrected chi connectivity index (χ2v) is 9.83. The second kappa shape index (κ2) is 10.4. The molecule has 2 aromatic heterocycles. The summed E-state index contributed by atoms with van der Waals surface area (Å²) in [6.45, 7) is 1.69. The van der Waals surface area contributed by atoms with E-state index in [-0.39, 0.29) is 43.7 Å². The first kappa shape index (κ1) is 28.7. The Bertz CT molecular complexity index is 2040. The number of fused-ring (bicyclic) bond motifs is 3. The van der Waals surface area contributed by atoms with Gasteiger partial charge in [-0.2, -0.15) is 22.0 Å². The van der Waals surface area contributed by atoms with Crippen molar-refractivity contribution < 1.29 is 39.7 Å². The van der Waals surface area contributed by atoms with E-state index in [0.717, 1.165) is 12.1 Å². The standard InChI is InChI=1S/C32H15F8N4/c1-15-10-20-21-13-24(32(38,39)40)19(17-4-8-43-9-5-17)12-23(21)30(22(20)11-18(15)16-2-6-42-7-3-16)44(14-41)31-28(36)26(34)25(33)27(35)29(31)37/h2-13H,1H3/q+1. The lowest BCUT2D eigenvalue weighted by Crippen LogP contribution is -2.18. The fraction of sp³-hybridized carbons (Fsp3) is 0.0625. The molecule has 0 amide bonds. The van der Waals surface area contributed by atoms with Gasteiger partial charge in [0.15, 0.2) is 11.0 Å². The van der Waals surface area contributed by atoms with Gasteiger partial charge in [-0.1, -0.05) is 6.07 Å². The molecular weight excluding hydrogens is 592 g/mol. The van der Waals surface area contributed by atoms with Crippen molar-refractivity contribution in [2.75, 3.05) is 0 Å². The zero-order chi connectivity index (χ0) is 31.5. The lowest BCUT2D eigenvalue weighted by molar-refractivity contribution is -0.345. The van der Waals surface area contributed by atoms with Crippen molar-refractivity contribution >= 4 is 11.4 Å². The molecule has 0 atom stereocenters. The lowest BCUT2D eigenvalue weighted by Gasteiger charge is -2.16. The summed E-state index contributed by atoms with van der Waals surface area (Å²) in [4.78, 5) is 7.79. The lowest BCUT2D eigenvalue weighted by atomic mass is 9.92. The van der Waals surface area contributed by atoms with Crippen LogP contribution in [0.3, 0.4) is 0 Å². The minimum Gasteiger partial charge on any atom is -0.265 e. The average Bonchev–Trinajstić information content (AvgIpc) is 3.32. The third-order valence-corrected chi connectivity index (χ3v) is 7.34. The second-order valence-electron chi connectivity index (χ2n) is 9.83. The van der Waals surface area contributed by atoms with Crippen LogP contribution in [0, 0.1) is 47.5 Å². The number of alkyl halides is 3. The van der Waals surface area contributed by atoms with Crippen LogP contribution in [0.15, 0.2) is 73.3 Å². The Morgan fingerprint density at radius 1 is 0.614 bits per heavy atom. The molecule has 0 radical (unpaired) electrons. The maximum absolute atomic E-state index is 15.1. The summed E-state index contributed by atoms with van der Waals surface area (Å²) < 4.78 is 116. The summed E-state index contributed by atoms with van der Waals surface area (Å²) >= 11 is 0. The normalized spacial score (nSPS) is 13.4. The molecule has 4 nitrogen and oxygen atoms in total. The largest absolute Gasteiger partial charge is 0.465 e. The van der Waals surface area contributed by atoms with Crippen LogP contribution in [-0.2, 0) is 6.18 Å². The fourth-order valence-corrected chi connectivity index (χ4v) is 5.38. The number of benzene rings is 3. The van der Waals surface area contributed by atoms with E-state index >= 15 is 8.78 Å². The zero-order valence-corrected chi connectivity index (χ0v) is 22.2. The molecule has 2 heterocycles. The van der Waals surface area contributed by atoms with Gasteiger partial charge in [0.25, 0.3) is 0 Å². The van der Waals surface area contributed by atoms with E-state index in [4.69, 9.17) is 0 Å². The predicted octanol–water partition coefficient (Wildman–Crippen LogP) is 8.48. The Hall–Kier alpha value is -5.44. The number of hydrogen-bond donors (Lipinski definition) is 0. The van der Waals surface area contributed by atoms with Crippen molar-refractivity contribution in [2.45, 2.75) is 13.1 Å². The molecule has 1 aliphatic rings. The van der Waals surface area contributed by atoms with Crippen LogP contribution in [0.25, 0.3) is 33.4 Å². The zero-order valence-electron chi connectivity index (χ0n) is 22.2. The molecule has 0 saturated carbocycles. The minimum absolute atomic E-state index is 0.0305. The van der Waals surface area contributed by atoms with Gasteiger partial charge in [0.05, 0.1) is 5.56 Å². The number of rotatable bonds is 3. The SMILES string of the molecule is Cc1cc2c(cc1-c1ccncc1)C(=[N+](C#N)c1c(F)c(F)c(F)c(F)c1F)c1cc(-c3ccncc3)c(C(F)(F)F)cc1-2. The summed E-state index contributed by atoms with van der Waals surface area (Å²) in [7, 11) is 0. The first-order valence-electron chi connectivity index (χ1n) is 12.7. The van der Waals surface area contributed by atoms with Crippen molar-refractivity contribution in [1.82, 2.24) is 9.97 Å². The van der Waals surface area contributed by atoms with Crippen LogP contribution in [0.2, 0.25) is 0 Å². The molecule has 0 aliphatic heterocycles. The first-order chi connectivity index (χ1) is 20.9. The highest BCUT2D eigenvalue weighted by Gasteiger charge is 2.41. The molecule has 218 valence electrons. The quantitative estimate of drug-likeness (QED) is 0.0507. The Balaban J connectivity index is 1.79. The van der Waals surface area contributed by atoms with Crippen LogP contribution < -0.4 is 0 Å². The molecule has 44 heavy (non-hydrogen) atoms. The Morgan fingerprint density at radius 3 is 1.57 bits per heavy atom. The Kier molecular flexibility index (Phi) is 6.76. The van der Waals surface area contributed by atoms with Gasteiger partial charge in [0, 0.05) is 35.9 Å². The molecule has 0 unspecified atom stereocenters. The third-order valence-electron chi connectivity index (χ3n) is 7.34. The highest BCUT2D eigenvalue weighted by Crippen LogP contribution is 2.47. The molecule has 6 rings (SSSR count). The van der Waals surface area contributed by atoms with Gasteiger partial charge in [-0.15, -0.1) is 4.58 Å². The molecule has 5 aromatic rings. The summed E-state index contributed by atoms with van der Waals surface area (Å²) in [6.07, 6.45) is 2.15. The van der Waals surface area contributed by atoms with E-state index in [1.807, 2.05) is 0 Å². The van der Waals surface area contributed by atoms with Gasteiger partial charge >= 0.3 is 12.4 Å². The van der Waals surface area contributed by atoms with Crippen molar-refractivity contribution in [2.24, 2.45) is 0 Å². The van der Waals surface area contributed by atoms with Crippen molar-refractivity contribution in [1.29, 1.82) is 5.26 Å². The first-order valence-corrected chi connectivity index (χ1v) is 12.7. The monoisotopic (exact) mass is 607 g/mol. The maximum atomic E-state index is 15.1. The van der Waals surface area contributed by atoms with Crippen LogP contribution in [0.4, 0.5) is 40.8 Å². The number of aromatic nitrogens is 2. The van der Waals surface area contributed by atoms with Crippen LogP contribution in [0.5, 0.6) is 0 Å². The van der Waals surface area contributed by atoms with E-state index in [2.05, 4.69) is 9.97 Å². The highest BCUT2D eigenvalue weighted by atomic mass is 19.4. The molecule has 0 N–H and O–H groups in total. The number of nitriles is 1. The number of pyridine rings is 2. The average molecular weight is 607 g/mol. The fourth-order valence-electron chi connectivity index (χ4n) is 5.38. The Labute approximate surface area is 243 Å². The number of aryl methyl sites for hydroxylation is 1. The summed E-state index contributed by atoms with van der Waals surface area (Å²) in [5.74, 6) is -11.6. The van der Waals surface area contributed by atoms with Crippen LogP contribution in [0.1, 0.15) is 22.3 Å². The van der Waals surface area contributed by atoms with E-state index in [1.165, 1.54) is 55.2 Å². The Morgan fingerprint density at radius 2 is 1.07 bits per heavy atom. The molecule has 3 aromatic carbocycles. The van der Waals surface area contributed by atoms with Gasteiger partial charge in [0.2, 0.25) is 34.8 Å². The minimum atomic E-state index is -4.86. The van der Waals surface area contributed by atoms with E-state index in [1.54, 1.807) is 19.1 Å². The summed E-state index contributed by atoms with van der Waals surface area (Å²) in [6, 6.07) is 10.9. The van der Waals surface area contributed by atoms with E-state index in [9.17, 15) is 31.6 Å². The number of halogens is 8. The molecule has 12 heteroatoms. The van der Waals surface area contributed by atoms with Crippen molar-refractivity contribution in [3.05, 3.63) is 125 Å². The van der Waals surface area contributed by atoms with Gasteiger partial charge in [-0.25, -0.2) is 13.2 Å². The smallest absolute Gasteiger partial charge is 0.265 e. The molecule has 0 bridgehead atoms. The summed E-state index contributed by atoms with van der Waals surface area (Å²) in [5, 5.41) is 10.2. The predicted molar refractivity (Wildman–Crippen MR) is 143 cm³/mol. The van der Waals surface area contributed by atoms with Gasteiger partial charge in [-0.3, -0.25) is 9.97 Å². The van der Waals surface area contributed by atoms with E-state index in [0.29, 0.717) is 16.7 Å². The van der Waals surface area contributed by atoms with Gasteiger partial charge < -0.3 is 0 Å². The topological polar surface area (TPSA) is 52.6 Å². The van der Waals surface area contributed by atoms with Gasteiger partial charge in [0.1, 0.15) is 0 Å². The highest BCUT2D eigenvalue weighted by molar-refractivity contribution is 6.23. The number of hydrogen-bond acceptors (Lipinski definition) is 3.